The average Bonchev–Trinajstić information content (AvgIpc) is 2.39. The second-order valence-electron chi connectivity index (χ2n) is 5.82. The zero-order valence-corrected chi connectivity index (χ0v) is 13.5. The Morgan fingerprint density at radius 1 is 1.30 bits per heavy atom. The van der Waals surface area contributed by atoms with E-state index in [-0.39, 0.29) is 0 Å². The summed E-state index contributed by atoms with van der Waals surface area (Å²) in [7, 11) is -2.63. The molecule has 3 nitrogen and oxygen atoms in total. The van der Waals surface area contributed by atoms with Gasteiger partial charge in [-0.3, -0.25) is 9.46 Å². The molecular formula is C16H24NO2P. The first kappa shape index (κ1) is 15.3. The Balaban J connectivity index is 1.91. The molecule has 0 amide bonds. The van der Waals surface area contributed by atoms with Crippen molar-refractivity contribution in [3.8, 4) is 5.75 Å². The summed E-state index contributed by atoms with van der Waals surface area (Å²) in [6.07, 6.45) is 3.86. The molecule has 110 valence electrons. The summed E-state index contributed by atoms with van der Waals surface area (Å²) in [5, 5.41) is 0. The van der Waals surface area contributed by atoms with Crippen LogP contribution in [0.15, 0.2) is 42.0 Å². The largest absolute Gasteiger partial charge is 0.442 e. The summed E-state index contributed by atoms with van der Waals surface area (Å²) in [5.74, 6) is 1.31. The molecule has 1 aliphatic rings. The Kier molecular flexibility index (Phi) is 5.06. The maximum absolute atomic E-state index is 12.6. The normalized spacial score (nSPS) is 19.5. The molecular weight excluding hydrogens is 269 g/mol. The van der Waals surface area contributed by atoms with Crippen molar-refractivity contribution in [1.82, 2.24) is 4.90 Å². The minimum absolute atomic E-state index is 0.518. The van der Waals surface area contributed by atoms with Crippen molar-refractivity contribution < 1.29 is 9.09 Å². The Bertz CT molecular complexity index is 510. The zero-order chi connectivity index (χ0) is 14.6. The molecule has 4 heteroatoms. The van der Waals surface area contributed by atoms with Crippen LogP contribution in [-0.4, -0.2) is 30.9 Å². The molecule has 20 heavy (non-hydrogen) atoms. The second kappa shape index (κ2) is 6.60. The lowest BCUT2D eigenvalue weighted by Crippen LogP contribution is -2.31. The third kappa shape index (κ3) is 4.50. The molecule has 0 aliphatic carbocycles. The fourth-order valence-corrected chi connectivity index (χ4v) is 4.09. The van der Waals surface area contributed by atoms with Crippen LogP contribution in [0.1, 0.15) is 20.3 Å². The fourth-order valence-electron chi connectivity index (χ4n) is 2.48. The van der Waals surface area contributed by atoms with Gasteiger partial charge in [0.1, 0.15) is 5.75 Å². The number of nitrogens with zero attached hydrogens (tertiary/aromatic N) is 1. The molecule has 2 rings (SSSR count). The van der Waals surface area contributed by atoms with Gasteiger partial charge in [0.2, 0.25) is 0 Å². The maximum Gasteiger partial charge on any atom is 0.258 e. The Morgan fingerprint density at radius 2 is 2.00 bits per heavy atom. The first-order valence-corrected chi connectivity index (χ1v) is 9.44. The van der Waals surface area contributed by atoms with Crippen molar-refractivity contribution in [3.05, 3.63) is 42.0 Å². The van der Waals surface area contributed by atoms with E-state index in [2.05, 4.69) is 24.8 Å². The van der Waals surface area contributed by atoms with Crippen LogP contribution in [0, 0.1) is 5.92 Å². The van der Waals surface area contributed by atoms with Gasteiger partial charge in [-0.25, -0.2) is 0 Å². The van der Waals surface area contributed by atoms with Gasteiger partial charge in [-0.2, -0.15) is 0 Å². The van der Waals surface area contributed by atoms with Crippen LogP contribution in [0.4, 0.5) is 0 Å². The summed E-state index contributed by atoms with van der Waals surface area (Å²) in [5.41, 5.74) is 1.51. The van der Waals surface area contributed by atoms with E-state index in [0.717, 1.165) is 19.5 Å². The van der Waals surface area contributed by atoms with Gasteiger partial charge in [0, 0.05) is 19.8 Å². The predicted octanol–water partition coefficient (Wildman–Crippen LogP) is 4.22. The number of rotatable bonds is 5. The number of benzene rings is 1. The number of hydrogen-bond donors (Lipinski definition) is 0. The average molecular weight is 293 g/mol. The molecule has 1 aromatic rings. The highest BCUT2D eigenvalue weighted by atomic mass is 31.2. The van der Waals surface area contributed by atoms with Crippen LogP contribution in [0.25, 0.3) is 0 Å². The van der Waals surface area contributed by atoms with Crippen molar-refractivity contribution in [1.29, 1.82) is 0 Å². The molecule has 1 atom stereocenters. The van der Waals surface area contributed by atoms with E-state index in [9.17, 15) is 4.57 Å². The van der Waals surface area contributed by atoms with E-state index in [0.29, 0.717) is 18.0 Å². The molecule has 0 saturated heterocycles. The molecule has 0 radical (unpaired) electrons. The third-order valence-electron chi connectivity index (χ3n) is 3.57. The fraction of sp³-hybridized carbons (Fsp3) is 0.500. The summed E-state index contributed by atoms with van der Waals surface area (Å²) in [4.78, 5) is 2.22. The predicted molar refractivity (Wildman–Crippen MR) is 84.6 cm³/mol. The lowest BCUT2D eigenvalue weighted by Gasteiger charge is -2.29. The lowest BCUT2D eigenvalue weighted by atomic mass is 9.97. The number of para-hydroxylation sites is 1. The standard InChI is InChI=1S/C16H24NO2P/c1-14(2)15-9-11-17(12-10-15)13-20(3,18)19-16-7-5-4-6-8-16/h4-9,14H,10-13H2,1-3H3. The van der Waals surface area contributed by atoms with Gasteiger partial charge in [-0.1, -0.05) is 43.7 Å². The summed E-state index contributed by atoms with van der Waals surface area (Å²) >= 11 is 0. The van der Waals surface area contributed by atoms with E-state index in [1.807, 2.05) is 30.3 Å². The molecule has 1 aliphatic heterocycles. The minimum atomic E-state index is -2.63. The maximum atomic E-state index is 12.6. The summed E-state index contributed by atoms with van der Waals surface area (Å²) in [6, 6.07) is 9.42. The molecule has 0 spiro atoms. The van der Waals surface area contributed by atoms with Gasteiger partial charge in [0.25, 0.3) is 7.37 Å². The van der Waals surface area contributed by atoms with Crippen LogP contribution in [0.2, 0.25) is 0 Å². The Hall–Kier alpha value is -1.05. The Morgan fingerprint density at radius 3 is 2.55 bits per heavy atom. The highest BCUT2D eigenvalue weighted by Gasteiger charge is 2.23. The van der Waals surface area contributed by atoms with E-state index in [1.165, 1.54) is 5.57 Å². The van der Waals surface area contributed by atoms with Crippen LogP contribution >= 0.6 is 7.37 Å². The van der Waals surface area contributed by atoms with Gasteiger partial charge < -0.3 is 4.52 Å². The summed E-state index contributed by atoms with van der Waals surface area (Å²) in [6.45, 7) is 8.03. The molecule has 1 aromatic carbocycles. The molecule has 1 unspecified atom stereocenters. The minimum Gasteiger partial charge on any atom is -0.442 e. The van der Waals surface area contributed by atoms with Crippen LogP contribution in [0.3, 0.4) is 0 Å². The van der Waals surface area contributed by atoms with E-state index >= 15 is 0 Å². The van der Waals surface area contributed by atoms with Gasteiger partial charge in [-0.05, 0) is 24.5 Å². The first-order valence-electron chi connectivity index (χ1n) is 7.19. The lowest BCUT2D eigenvalue weighted by molar-refractivity contribution is 0.318. The van der Waals surface area contributed by atoms with Crippen molar-refractivity contribution in [2.75, 3.05) is 26.0 Å². The van der Waals surface area contributed by atoms with Gasteiger partial charge in [0.15, 0.2) is 0 Å². The zero-order valence-electron chi connectivity index (χ0n) is 12.6. The van der Waals surface area contributed by atoms with Gasteiger partial charge in [-0.15, -0.1) is 0 Å². The third-order valence-corrected chi connectivity index (χ3v) is 5.08. The Labute approximate surface area is 122 Å². The SMILES string of the molecule is CC(C)C1=CCN(CP(C)(=O)Oc2ccccc2)CC1. The van der Waals surface area contributed by atoms with Crippen LogP contribution in [-0.2, 0) is 4.57 Å². The molecule has 0 N–H and O–H groups in total. The van der Waals surface area contributed by atoms with Crippen molar-refractivity contribution in [3.63, 3.8) is 0 Å². The molecule has 0 bridgehead atoms. The summed E-state index contributed by atoms with van der Waals surface area (Å²) < 4.78 is 18.3. The van der Waals surface area contributed by atoms with E-state index in [1.54, 1.807) is 6.66 Å². The monoisotopic (exact) mass is 293 g/mol. The van der Waals surface area contributed by atoms with E-state index < -0.39 is 7.37 Å². The smallest absolute Gasteiger partial charge is 0.258 e. The molecule has 1 heterocycles. The molecule has 0 fully saturated rings. The molecule has 0 aromatic heterocycles. The first-order chi connectivity index (χ1) is 9.46. The van der Waals surface area contributed by atoms with Crippen LogP contribution in [0.5, 0.6) is 5.75 Å². The van der Waals surface area contributed by atoms with Gasteiger partial charge in [0.05, 0.1) is 6.29 Å². The topological polar surface area (TPSA) is 29.5 Å². The van der Waals surface area contributed by atoms with Crippen molar-refractivity contribution >= 4 is 7.37 Å². The van der Waals surface area contributed by atoms with Gasteiger partial charge >= 0.3 is 0 Å². The highest BCUT2D eigenvalue weighted by Crippen LogP contribution is 2.44. The highest BCUT2D eigenvalue weighted by molar-refractivity contribution is 7.58. The van der Waals surface area contributed by atoms with Crippen molar-refractivity contribution in [2.24, 2.45) is 5.92 Å². The van der Waals surface area contributed by atoms with Crippen molar-refractivity contribution in [2.45, 2.75) is 20.3 Å². The molecule has 0 saturated carbocycles. The van der Waals surface area contributed by atoms with E-state index in [4.69, 9.17) is 4.52 Å². The number of hydrogen-bond acceptors (Lipinski definition) is 3. The quantitative estimate of drug-likeness (QED) is 0.601. The van der Waals surface area contributed by atoms with Crippen LogP contribution < -0.4 is 4.52 Å². The second-order valence-corrected chi connectivity index (χ2v) is 8.31.